The van der Waals surface area contributed by atoms with Crippen LogP contribution in [0.2, 0.25) is 0 Å². The minimum atomic E-state index is -1.38. The van der Waals surface area contributed by atoms with Gasteiger partial charge in [-0.05, 0) is 12.8 Å². The van der Waals surface area contributed by atoms with Gasteiger partial charge in [-0.3, -0.25) is 9.59 Å². The molecule has 0 heterocycles. The van der Waals surface area contributed by atoms with Crippen LogP contribution in [-0.2, 0) is 14.4 Å². The van der Waals surface area contributed by atoms with E-state index in [2.05, 4.69) is 12.2 Å². The van der Waals surface area contributed by atoms with Gasteiger partial charge in [-0.15, -0.1) is 0 Å². The molecule has 0 radical (unpaired) electrons. The molecule has 0 aromatic rings. The first-order valence-electron chi connectivity index (χ1n) is 11.8. The van der Waals surface area contributed by atoms with E-state index >= 15 is 0 Å². The number of hydrogen-bond donors (Lipinski definition) is 2. The number of carbonyl (C=O) groups is 3. The Kier molecular flexibility index (Phi) is 24.3. The predicted molar refractivity (Wildman–Crippen MR) is 115 cm³/mol. The maximum absolute atomic E-state index is 11.8. The SMILES string of the molecule is CCCCCCCCCCCCCCCCCC(=O)N[C@@H](CCC(N)=O)C(=O)[O-].[Na+]. The number of carboxylic acid groups (broad SMARTS) is 1. The van der Waals surface area contributed by atoms with Gasteiger partial charge < -0.3 is 21.0 Å². The number of hydrogen-bond acceptors (Lipinski definition) is 4. The van der Waals surface area contributed by atoms with E-state index in [-0.39, 0.29) is 48.3 Å². The molecule has 0 aromatic heterocycles. The van der Waals surface area contributed by atoms with Crippen LogP contribution in [0.15, 0.2) is 0 Å². The Hall–Kier alpha value is -0.590. The molecule has 6 nitrogen and oxygen atoms in total. The quantitative estimate of drug-likeness (QED) is 0.205. The molecule has 0 aliphatic carbocycles. The molecule has 0 spiro atoms. The van der Waals surface area contributed by atoms with Crippen LogP contribution in [-0.4, -0.2) is 23.8 Å². The van der Waals surface area contributed by atoms with E-state index in [1.807, 2.05) is 0 Å². The van der Waals surface area contributed by atoms with Crippen molar-refractivity contribution in [2.75, 3.05) is 0 Å². The summed E-state index contributed by atoms with van der Waals surface area (Å²) in [7, 11) is 0. The Balaban J connectivity index is 0. The van der Waals surface area contributed by atoms with Crippen LogP contribution < -0.4 is 45.7 Å². The summed E-state index contributed by atoms with van der Waals surface area (Å²) in [5.41, 5.74) is 5.01. The monoisotopic (exact) mass is 434 g/mol. The molecule has 0 saturated carbocycles. The zero-order chi connectivity index (χ0) is 21.7. The number of amides is 2. The van der Waals surface area contributed by atoms with E-state index in [0.717, 1.165) is 19.3 Å². The Morgan fingerprint density at radius 2 is 1.13 bits per heavy atom. The van der Waals surface area contributed by atoms with E-state index in [9.17, 15) is 19.5 Å². The minimum Gasteiger partial charge on any atom is -0.548 e. The van der Waals surface area contributed by atoms with Crippen molar-refractivity contribution in [1.29, 1.82) is 0 Å². The van der Waals surface area contributed by atoms with Crippen LogP contribution in [0, 0.1) is 0 Å². The van der Waals surface area contributed by atoms with Crippen molar-refractivity contribution in [2.45, 2.75) is 129 Å². The summed E-state index contributed by atoms with van der Waals surface area (Å²) in [4.78, 5) is 33.5. The molecule has 0 fully saturated rings. The molecule has 0 unspecified atom stereocenters. The summed E-state index contributed by atoms with van der Waals surface area (Å²) in [5.74, 6) is -2.28. The van der Waals surface area contributed by atoms with Gasteiger partial charge in [-0.25, -0.2) is 0 Å². The van der Waals surface area contributed by atoms with Gasteiger partial charge in [0, 0.05) is 12.8 Å². The maximum atomic E-state index is 11.8. The first-order valence-corrected chi connectivity index (χ1v) is 11.8. The average molecular weight is 435 g/mol. The Morgan fingerprint density at radius 3 is 1.50 bits per heavy atom. The van der Waals surface area contributed by atoms with Gasteiger partial charge >= 0.3 is 29.6 Å². The molecule has 2 amide bonds. The van der Waals surface area contributed by atoms with E-state index in [4.69, 9.17) is 5.73 Å². The topological polar surface area (TPSA) is 112 Å². The van der Waals surface area contributed by atoms with Crippen LogP contribution in [0.3, 0.4) is 0 Å². The fraction of sp³-hybridized carbons (Fsp3) is 0.870. The standard InChI is InChI=1S/C23H44N2O4.Na/c1-2-3-4-5-6-7-8-9-10-11-12-13-14-15-16-17-22(27)25-20(23(28)29)18-19-21(24)26;/h20H,2-19H2,1H3,(H2,24,26)(H,25,27)(H,28,29);/q;+1/p-1/t20-;/m0./s1. The molecule has 0 aliphatic heterocycles. The van der Waals surface area contributed by atoms with Crippen LogP contribution in [0.25, 0.3) is 0 Å². The molecule has 0 saturated heterocycles. The van der Waals surface area contributed by atoms with Crippen molar-refractivity contribution in [3.63, 3.8) is 0 Å². The van der Waals surface area contributed by atoms with Gasteiger partial charge in [0.15, 0.2) is 0 Å². The number of nitrogens with two attached hydrogens (primary N) is 1. The average Bonchev–Trinajstić information content (AvgIpc) is 2.67. The Labute approximate surface area is 205 Å². The minimum absolute atomic E-state index is 0. The number of nitrogens with one attached hydrogen (secondary N) is 1. The molecule has 3 N–H and O–H groups in total. The Bertz CT molecular complexity index is 447. The number of rotatable bonds is 21. The summed E-state index contributed by atoms with van der Waals surface area (Å²) >= 11 is 0. The van der Waals surface area contributed by atoms with Crippen molar-refractivity contribution < 1.29 is 49.0 Å². The molecule has 170 valence electrons. The molecule has 0 rings (SSSR count). The first-order chi connectivity index (χ1) is 14.0. The summed E-state index contributed by atoms with van der Waals surface area (Å²) in [5, 5.41) is 13.4. The summed E-state index contributed by atoms with van der Waals surface area (Å²) in [6, 6.07) is -1.15. The predicted octanol–water partition coefficient (Wildman–Crippen LogP) is 0.752. The van der Waals surface area contributed by atoms with Gasteiger partial charge in [-0.1, -0.05) is 96.8 Å². The van der Waals surface area contributed by atoms with Gasteiger partial charge in [-0.2, -0.15) is 0 Å². The summed E-state index contributed by atoms with van der Waals surface area (Å²) < 4.78 is 0. The molecule has 0 aromatic carbocycles. The second kappa shape index (κ2) is 23.1. The number of aliphatic carboxylic acids is 1. The Morgan fingerprint density at radius 1 is 0.733 bits per heavy atom. The molecular formula is C23H43N2NaO4. The van der Waals surface area contributed by atoms with E-state index in [0.29, 0.717) is 6.42 Å². The van der Waals surface area contributed by atoms with E-state index < -0.39 is 17.9 Å². The van der Waals surface area contributed by atoms with Crippen molar-refractivity contribution in [3.05, 3.63) is 0 Å². The molecule has 30 heavy (non-hydrogen) atoms. The molecule has 0 aliphatic rings. The van der Waals surface area contributed by atoms with Gasteiger partial charge in [0.25, 0.3) is 0 Å². The number of carboxylic acids is 1. The van der Waals surface area contributed by atoms with Gasteiger partial charge in [0.05, 0.1) is 12.0 Å². The third-order valence-corrected chi connectivity index (χ3v) is 5.31. The van der Waals surface area contributed by atoms with Crippen molar-refractivity contribution in [3.8, 4) is 0 Å². The van der Waals surface area contributed by atoms with Crippen LogP contribution >= 0.6 is 0 Å². The molecule has 0 bridgehead atoms. The van der Waals surface area contributed by atoms with Crippen LogP contribution in [0.5, 0.6) is 0 Å². The first kappa shape index (κ1) is 31.6. The summed E-state index contributed by atoms with van der Waals surface area (Å²) in [6.45, 7) is 2.25. The van der Waals surface area contributed by atoms with E-state index in [1.165, 1.54) is 77.0 Å². The van der Waals surface area contributed by atoms with Crippen molar-refractivity contribution in [1.82, 2.24) is 5.32 Å². The second-order valence-corrected chi connectivity index (χ2v) is 8.14. The van der Waals surface area contributed by atoms with Gasteiger partial charge in [0.2, 0.25) is 11.8 Å². The molecule has 7 heteroatoms. The third-order valence-electron chi connectivity index (χ3n) is 5.31. The van der Waals surface area contributed by atoms with Crippen molar-refractivity contribution in [2.24, 2.45) is 5.73 Å². The van der Waals surface area contributed by atoms with Gasteiger partial charge in [0.1, 0.15) is 0 Å². The van der Waals surface area contributed by atoms with E-state index in [1.54, 1.807) is 0 Å². The number of carbonyl (C=O) groups excluding carboxylic acids is 3. The molecule has 1 atom stereocenters. The summed E-state index contributed by atoms with van der Waals surface area (Å²) in [6.07, 6.45) is 19.1. The largest absolute Gasteiger partial charge is 1.00 e. The zero-order valence-corrected chi connectivity index (χ0v) is 21.5. The second-order valence-electron chi connectivity index (χ2n) is 8.14. The number of primary amides is 1. The maximum Gasteiger partial charge on any atom is 1.00 e. The smallest absolute Gasteiger partial charge is 0.548 e. The third kappa shape index (κ3) is 22.1. The fourth-order valence-electron chi connectivity index (χ4n) is 3.46. The van der Waals surface area contributed by atoms with Crippen molar-refractivity contribution >= 4 is 17.8 Å². The fourth-order valence-corrected chi connectivity index (χ4v) is 3.46. The molecular weight excluding hydrogens is 391 g/mol. The zero-order valence-electron chi connectivity index (χ0n) is 19.5. The number of unbranched alkanes of at least 4 members (excludes halogenated alkanes) is 14. The normalized spacial score (nSPS) is 11.5. The van der Waals surface area contributed by atoms with Crippen LogP contribution in [0.4, 0.5) is 0 Å². The van der Waals surface area contributed by atoms with Crippen LogP contribution in [0.1, 0.15) is 122 Å².